The topological polar surface area (TPSA) is 314 Å². The molecule has 18 nitrogen and oxygen atoms in total. The first kappa shape index (κ1) is 53.9. The van der Waals surface area contributed by atoms with Gasteiger partial charge in [0, 0.05) is 36.8 Å². The van der Waals surface area contributed by atoms with Crippen LogP contribution in [0.4, 0.5) is 0 Å². The minimum absolute atomic E-state index is 0.00921. The summed E-state index contributed by atoms with van der Waals surface area (Å²) in [5.41, 5.74) is 14.4. The minimum Gasteiger partial charge on any atom is -0.480 e. The Hall–Kier alpha value is -7.44. The molecular formula is C47H52Cl2N8O10. The first-order chi connectivity index (χ1) is 31.7. The summed E-state index contributed by atoms with van der Waals surface area (Å²) < 4.78 is 4.74. The van der Waals surface area contributed by atoms with Crippen LogP contribution in [0.25, 0.3) is 0 Å². The van der Waals surface area contributed by atoms with Crippen LogP contribution in [0.1, 0.15) is 89.4 Å². The highest BCUT2D eigenvalue weighted by molar-refractivity contribution is 6.34. The van der Waals surface area contributed by atoms with Gasteiger partial charge in [0.1, 0.15) is 12.1 Å². The lowest BCUT2D eigenvalue weighted by Gasteiger charge is -2.17. The van der Waals surface area contributed by atoms with Crippen LogP contribution >= 0.6 is 23.2 Å². The van der Waals surface area contributed by atoms with Gasteiger partial charge in [0.2, 0.25) is 0 Å². The van der Waals surface area contributed by atoms with Crippen molar-refractivity contribution in [2.24, 2.45) is 11.5 Å². The number of methoxy groups -OCH3 is 1. The number of halogens is 2. The van der Waals surface area contributed by atoms with E-state index in [0.29, 0.717) is 33.4 Å². The zero-order chi connectivity index (χ0) is 49.8. The molecule has 0 radical (unpaired) electrons. The van der Waals surface area contributed by atoms with E-state index in [0.717, 1.165) is 0 Å². The summed E-state index contributed by atoms with van der Waals surface area (Å²) in [6.45, 7) is 2.86. The Morgan fingerprint density at radius 3 is 1.37 bits per heavy atom. The molecule has 20 heteroatoms. The molecule has 0 aliphatic carbocycles. The Labute approximate surface area is 396 Å². The molecule has 4 amide bonds. The largest absolute Gasteiger partial charge is 0.480 e. The van der Waals surface area contributed by atoms with Gasteiger partial charge in [-0.05, 0) is 85.3 Å². The van der Waals surface area contributed by atoms with Crippen LogP contribution in [0, 0.1) is 24.7 Å². The lowest BCUT2D eigenvalue weighted by molar-refractivity contribution is -0.143. The molecule has 0 fully saturated rings. The second kappa shape index (κ2) is 26.5. The molecule has 0 spiro atoms. The molecular weight excluding hydrogens is 907 g/mol. The summed E-state index contributed by atoms with van der Waals surface area (Å²) in [5, 5.41) is 34.5. The van der Waals surface area contributed by atoms with Gasteiger partial charge in [-0.1, -0.05) is 71.7 Å². The van der Waals surface area contributed by atoms with Crippen LogP contribution < -0.4 is 32.7 Å². The second-order valence-corrected chi connectivity index (χ2v) is 15.9. The van der Waals surface area contributed by atoms with Crippen molar-refractivity contribution in [2.75, 3.05) is 20.2 Å². The maximum absolute atomic E-state index is 12.7. The van der Waals surface area contributed by atoms with Crippen LogP contribution in [-0.2, 0) is 36.8 Å². The molecule has 0 aromatic heterocycles. The number of amides is 4. The normalized spacial score (nSPS) is 11.3. The number of amidine groups is 2. The highest BCUT2D eigenvalue weighted by Crippen LogP contribution is 2.21. The van der Waals surface area contributed by atoms with Crippen LogP contribution in [-0.4, -0.2) is 96.2 Å². The first-order valence-corrected chi connectivity index (χ1v) is 21.3. The number of Topliss-reactive ketones (excluding diaryl/α,β-unsaturated/α-hetero) is 2. The zero-order valence-corrected chi connectivity index (χ0v) is 38.4. The lowest BCUT2D eigenvalue weighted by atomic mass is 10.1. The molecule has 0 aliphatic heterocycles. The van der Waals surface area contributed by atoms with E-state index in [1.54, 1.807) is 92.7 Å². The molecule has 0 heterocycles. The number of benzene rings is 4. The first-order valence-electron chi connectivity index (χ1n) is 20.6. The maximum Gasteiger partial charge on any atom is 0.328 e. The molecule has 67 heavy (non-hydrogen) atoms. The van der Waals surface area contributed by atoms with Crippen molar-refractivity contribution in [3.63, 3.8) is 0 Å². The van der Waals surface area contributed by atoms with E-state index < -0.39 is 53.4 Å². The third kappa shape index (κ3) is 17.8. The van der Waals surface area contributed by atoms with Crippen LogP contribution in [0.2, 0.25) is 10.0 Å². The average molecular weight is 960 g/mol. The molecule has 0 unspecified atom stereocenters. The molecule has 4 aromatic carbocycles. The van der Waals surface area contributed by atoms with Gasteiger partial charge in [-0.3, -0.25) is 39.6 Å². The van der Waals surface area contributed by atoms with Gasteiger partial charge in [0.05, 0.1) is 53.0 Å². The van der Waals surface area contributed by atoms with Crippen molar-refractivity contribution in [2.45, 2.75) is 64.5 Å². The highest BCUT2D eigenvalue weighted by Gasteiger charge is 2.26. The fraction of sp³-hybridized carbons (Fsp3) is 0.277. The summed E-state index contributed by atoms with van der Waals surface area (Å²) >= 11 is 12.2. The van der Waals surface area contributed by atoms with E-state index in [1.165, 1.54) is 13.2 Å². The zero-order valence-electron chi connectivity index (χ0n) is 36.9. The van der Waals surface area contributed by atoms with E-state index in [-0.39, 0.29) is 90.2 Å². The number of ether oxygens (including phenoxy) is 1. The predicted octanol–water partition coefficient (Wildman–Crippen LogP) is 4.27. The molecule has 11 N–H and O–H groups in total. The molecule has 4 rings (SSSR count). The summed E-state index contributed by atoms with van der Waals surface area (Å²) in [6, 6.07) is 20.6. The Morgan fingerprint density at radius 2 is 1.00 bits per heavy atom. The number of hydrogen-bond acceptors (Lipinski definition) is 11. The van der Waals surface area contributed by atoms with Crippen molar-refractivity contribution >= 4 is 82.0 Å². The number of carbonyl (C=O) groups excluding carboxylic acids is 7. The molecule has 354 valence electrons. The van der Waals surface area contributed by atoms with Gasteiger partial charge < -0.3 is 42.6 Å². The number of nitrogens with two attached hydrogens (primary N) is 2. The van der Waals surface area contributed by atoms with E-state index in [2.05, 4.69) is 21.3 Å². The van der Waals surface area contributed by atoms with Gasteiger partial charge >= 0.3 is 11.9 Å². The Kier molecular flexibility index (Phi) is 21.3. The maximum atomic E-state index is 12.7. The van der Waals surface area contributed by atoms with Crippen molar-refractivity contribution in [1.29, 1.82) is 10.8 Å². The number of rotatable bonds is 22. The Bertz CT molecular complexity index is 2490. The molecule has 4 aromatic rings. The monoisotopic (exact) mass is 958 g/mol. The quantitative estimate of drug-likeness (QED) is 0.0303. The van der Waals surface area contributed by atoms with Crippen LogP contribution in [0.3, 0.4) is 0 Å². The minimum atomic E-state index is -1.30. The third-order valence-electron chi connectivity index (χ3n) is 9.78. The lowest BCUT2D eigenvalue weighted by Crippen LogP contribution is -2.42. The van der Waals surface area contributed by atoms with E-state index >= 15 is 0 Å². The number of carbonyl (C=O) groups is 8. The second-order valence-electron chi connectivity index (χ2n) is 15.1. The molecule has 0 aliphatic rings. The molecule has 0 bridgehead atoms. The fourth-order valence-electron chi connectivity index (χ4n) is 6.38. The number of aliphatic carboxylic acids is 1. The summed E-state index contributed by atoms with van der Waals surface area (Å²) in [6.07, 6.45) is 0.0260. The van der Waals surface area contributed by atoms with Gasteiger partial charge in [-0.15, -0.1) is 0 Å². The van der Waals surface area contributed by atoms with Crippen molar-refractivity contribution < 1.29 is 48.2 Å². The summed E-state index contributed by atoms with van der Waals surface area (Å²) in [4.78, 5) is 98.0. The Morgan fingerprint density at radius 1 is 0.612 bits per heavy atom. The predicted molar refractivity (Wildman–Crippen MR) is 252 cm³/mol. The average Bonchev–Trinajstić information content (AvgIpc) is 3.26. The molecule has 0 saturated carbocycles. The number of ketones is 2. The summed E-state index contributed by atoms with van der Waals surface area (Å²) in [7, 11) is 1.19. The highest BCUT2D eigenvalue weighted by atomic mass is 35.5. The molecule has 2 atom stereocenters. The van der Waals surface area contributed by atoms with E-state index in [1.807, 2.05) is 0 Å². The van der Waals surface area contributed by atoms with Gasteiger partial charge in [0.15, 0.2) is 11.6 Å². The SMILES string of the molecule is COC(=O)[C@H](CCC(=O)CNC(=O)c1cccc(CC(=N)N)c1)NC(=O)c1c(C)cccc1Cl.Cc1cccc(Cl)c1C(=O)N[C@@H](CCC(=O)CNC(=O)c1cccc(CC(=N)N)c1)C(=O)O. The molecule has 0 saturated heterocycles. The third-order valence-corrected chi connectivity index (χ3v) is 10.4. The standard InChI is InChI=1S/C24H27ClN4O5.C23H25ClN4O5/c1-14-5-3-8-18(25)21(14)23(32)29-19(24(33)34-2)10-9-17(30)13-28-22(31)16-7-4-6-15(11-16)12-20(26)27;1-13-4-2-7-17(24)20(13)22(31)28-18(23(32)33)9-8-16(29)12-27-21(30)15-6-3-5-14(10-15)11-19(25)26/h3-8,11,19H,9-10,12-13H2,1-2H3,(H3,26,27)(H,28,31)(H,29,32);2-7,10,18H,8-9,11-12H2,1H3,(H3,25,26)(H,27,30)(H,28,31)(H,32,33)/t19-;18-/m00/s1. The number of carboxylic acids is 1. The van der Waals surface area contributed by atoms with Crippen LogP contribution in [0.5, 0.6) is 0 Å². The van der Waals surface area contributed by atoms with Gasteiger partial charge in [-0.2, -0.15) is 0 Å². The van der Waals surface area contributed by atoms with Crippen molar-refractivity contribution in [3.8, 4) is 0 Å². The van der Waals surface area contributed by atoms with Gasteiger partial charge in [-0.25, -0.2) is 9.59 Å². The number of nitrogens with one attached hydrogen (secondary N) is 6. The van der Waals surface area contributed by atoms with E-state index in [9.17, 15) is 43.5 Å². The van der Waals surface area contributed by atoms with Crippen molar-refractivity contribution in [3.05, 3.63) is 139 Å². The Balaban J connectivity index is 0.000000355. The smallest absolute Gasteiger partial charge is 0.328 e. The van der Waals surface area contributed by atoms with Gasteiger partial charge in [0.25, 0.3) is 23.6 Å². The number of carboxylic acid groups (broad SMARTS) is 1. The van der Waals surface area contributed by atoms with E-state index in [4.69, 9.17) is 50.2 Å². The fourth-order valence-corrected chi connectivity index (χ4v) is 7.00. The summed E-state index contributed by atoms with van der Waals surface area (Å²) in [5.74, 6) is -4.89. The van der Waals surface area contributed by atoms with Crippen LogP contribution in [0.15, 0.2) is 84.9 Å². The number of esters is 1. The van der Waals surface area contributed by atoms with Crippen molar-refractivity contribution in [1.82, 2.24) is 21.3 Å². The number of hydrogen-bond donors (Lipinski definition) is 9. The number of aryl methyl sites for hydroxylation is 2.